The lowest BCUT2D eigenvalue weighted by Gasteiger charge is -2.38. The summed E-state index contributed by atoms with van der Waals surface area (Å²) in [6, 6.07) is 0. The van der Waals surface area contributed by atoms with Gasteiger partial charge in [0.15, 0.2) is 5.78 Å². The van der Waals surface area contributed by atoms with Gasteiger partial charge in [0, 0.05) is 17.6 Å². The van der Waals surface area contributed by atoms with E-state index in [-0.39, 0.29) is 24.4 Å². The lowest BCUT2D eigenvalue weighted by molar-refractivity contribution is -0.125. The van der Waals surface area contributed by atoms with Gasteiger partial charge in [0.1, 0.15) is 12.2 Å². The third-order valence-electron chi connectivity index (χ3n) is 3.45. The Labute approximate surface area is 99.7 Å². The maximum atomic E-state index is 11.7. The summed E-state index contributed by atoms with van der Waals surface area (Å²) in [5, 5.41) is 29.5. The van der Waals surface area contributed by atoms with Crippen LogP contribution in [0.2, 0.25) is 0 Å². The van der Waals surface area contributed by atoms with Crippen LogP contribution in [0.1, 0.15) is 26.2 Å². The molecule has 5 heteroatoms. The van der Waals surface area contributed by atoms with Crippen LogP contribution < -0.4 is 0 Å². The van der Waals surface area contributed by atoms with E-state index in [0.29, 0.717) is 12.0 Å². The summed E-state index contributed by atoms with van der Waals surface area (Å²) in [6.07, 6.45) is -2.25. The van der Waals surface area contributed by atoms with Crippen molar-refractivity contribution in [2.75, 3.05) is 6.61 Å². The van der Waals surface area contributed by atoms with Gasteiger partial charge in [-0.25, -0.2) is 0 Å². The molecule has 17 heavy (non-hydrogen) atoms. The molecule has 5 nitrogen and oxygen atoms in total. The number of rotatable bonds is 2. The van der Waals surface area contributed by atoms with Crippen molar-refractivity contribution in [1.82, 2.24) is 0 Å². The highest BCUT2D eigenvalue weighted by Gasteiger charge is 2.42. The molecule has 4 unspecified atom stereocenters. The molecule has 2 rings (SSSR count). The molecule has 0 fully saturated rings. The summed E-state index contributed by atoms with van der Waals surface area (Å²) >= 11 is 0. The molecule has 0 amide bonds. The number of hydrogen-bond donors (Lipinski definition) is 3. The summed E-state index contributed by atoms with van der Waals surface area (Å²) < 4.78 is 5.43. The van der Waals surface area contributed by atoms with E-state index in [4.69, 9.17) is 4.74 Å². The number of ketones is 1. The molecule has 1 aliphatic heterocycles. The Morgan fingerprint density at radius 1 is 1.29 bits per heavy atom. The van der Waals surface area contributed by atoms with Crippen LogP contribution in [0, 0.1) is 0 Å². The molecule has 0 aromatic carbocycles. The Kier molecular flexibility index (Phi) is 3.63. The highest BCUT2D eigenvalue weighted by molar-refractivity contribution is 5.98. The topological polar surface area (TPSA) is 87.0 Å². The van der Waals surface area contributed by atoms with Crippen molar-refractivity contribution >= 4 is 5.78 Å². The minimum atomic E-state index is -1.15. The van der Waals surface area contributed by atoms with E-state index < -0.39 is 24.4 Å². The minimum absolute atomic E-state index is 0.103. The van der Waals surface area contributed by atoms with Gasteiger partial charge in [-0.05, 0) is 6.42 Å². The zero-order chi connectivity index (χ0) is 12.6. The summed E-state index contributed by atoms with van der Waals surface area (Å²) in [4.78, 5) is 11.7. The first-order valence-electron chi connectivity index (χ1n) is 5.98. The normalized spacial score (nSPS) is 38.2. The molecule has 0 saturated heterocycles. The van der Waals surface area contributed by atoms with Crippen LogP contribution in [0.25, 0.3) is 0 Å². The number of ether oxygens (including phenoxy) is 1. The fourth-order valence-electron chi connectivity index (χ4n) is 2.50. The van der Waals surface area contributed by atoms with E-state index >= 15 is 0 Å². The molecule has 0 radical (unpaired) electrons. The number of carbonyl (C=O) groups is 1. The first-order valence-corrected chi connectivity index (χ1v) is 5.98. The standard InChI is InChI=1S/C12H18O5/c1-2-3-9-12(16)10-6(5-17-9)7(13)4-8(14)11(10)15/h8-9,11-12,14-16H,2-5H2,1H3. The number of hydrogen-bond acceptors (Lipinski definition) is 5. The van der Waals surface area contributed by atoms with E-state index in [2.05, 4.69) is 0 Å². The highest BCUT2D eigenvalue weighted by atomic mass is 16.5. The van der Waals surface area contributed by atoms with Crippen molar-refractivity contribution in [2.45, 2.75) is 50.6 Å². The lowest BCUT2D eigenvalue weighted by Crippen LogP contribution is -2.48. The zero-order valence-corrected chi connectivity index (χ0v) is 9.80. The van der Waals surface area contributed by atoms with E-state index in [1.165, 1.54) is 0 Å². The van der Waals surface area contributed by atoms with E-state index in [1.54, 1.807) is 0 Å². The smallest absolute Gasteiger partial charge is 0.164 e. The van der Waals surface area contributed by atoms with Gasteiger partial charge in [0.05, 0.1) is 18.8 Å². The lowest BCUT2D eigenvalue weighted by atomic mass is 9.80. The van der Waals surface area contributed by atoms with Gasteiger partial charge >= 0.3 is 0 Å². The molecule has 4 atom stereocenters. The molecule has 0 bridgehead atoms. The van der Waals surface area contributed by atoms with Crippen LogP contribution in [-0.2, 0) is 9.53 Å². The van der Waals surface area contributed by atoms with Crippen molar-refractivity contribution in [3.8, 4) is 0 Å². The maximum absolute atomic E-state index is 11.7. The molecule has 1 aliphatic carbocycles. The van der Waals surface area contributed by atoms with Crippen molar-refractivity contribution in [2.24, 2.45) is 0 Å². The largest absolute Gasteiger partial charge is 0.390 e. The van der Waals surface area contributed by atoms with Gasteiger partial charge in [0.25, 0.3) is 0 Å². The Morgan fingerprint density at radius 3 is 2.65 bits per heavy atom. The van der Waals surface area contributed by atoms with Crippen molar-refractivity contribution in [3.63, 3.8) is 0 Å². The van der Waals surface area contributed by atoms with Gasteiger partial charge in [-0.2, -0.15) is 0 Å². The molecular formula is C12H18O5. The van der Waals surface area contributed by atoms with Gasteiger partial charge in [-0.3, -0.25) is 4.79 Å². The van der Waals surface area contributed by atoms with Gasteiger partial charge in [-0.1, -0.05) is 13.3 Å². The third kappa shape index (κ3) is 2.15. The fourth-order valence-corrected chi connectivity index (χ4v) is 2.50. The molecule has 3 N–H and O–H groups in total. The third-order valence-corrected chi connectivity index (χ3v) is 3.45. The number of aliphatic hydroxyl groups excluding tert-OH is 3. The Balaban J connectivity index is 2.30. The zero-order valence-electron chi connectivity index (χ0n) is 9.80. The Morgan fingerprint density at radius 2 is 2.00 bits per heavy atom. The average molecular weight is 242 g/mol. The molecule has 0 spiro atoms. The number of Topliss-reactive ketones (excluding diaryl/α,β-unsaturated/α-hetero) is 1. The van der Waals surface area contributed by atoms with Crippen molar-refractivity contribution < 1.29 is 24.9 Å². The van der Waals surface area contributed by atoms with E-state index in [9.17, 15) is 20.1 Å². The van der Waals surface area contributed by atoms with Gasteiger partial charge in [0.2, 0.25) is 0 Å². The highest BCUT2D eigenvalue weighted by Crippen LogP contribution is 2.32. The first kappa shape index (κ1) is 12.7. The molecular weight excluding hydrogens is 224 g/mol. The first-order chi connectivity index (χ1) is 8.06. The maximum Gasteiger partial charge on any atom is 0.164 e. The van der Waals surface area contributed by atoms with Gasteiger partial charge in [-0.15, -0.1) is 0 Å². The fraction of sp³-hybridized carbons (Fsp3) is 0.750. The SMILES string of the molecule is CCCC1OCC2=C(C(O)C(O)CC2=O)C1O. The van der Waals surface area contributed by atoms with Crippen LogP contribution in [0.4, 0.5) is 0 Å². The van der Waals surface area contributed by atoms with Crippen LogP contribution in [0.3, 0.4) is 0 Å². The monoisotopic (exact) mass is 242 g/mol. The van der Waals surface area contributed by atoms with Gasteiger partial charge < -0.3 is 20.1 Å². The number of carbonyl (C=O) groups excluding carboxylic acids is 1. The van der Waals surface area contributed by atoms with Crippen LogP contribution >= 0.6 is 0 Å². The second-order valence-corrected chi connectivity index (χ2v) is 4.66. The van der Waals surface area contributed by atoms with Crippen LogP contribution in [0.5, 0.6) is 0 Å². The van der Waals surface area contributed by atoms with Crippen LogP contribution in [0.15, 0.2) is 11.1 Å². The summed E-state index contributed by atoms with van der Waals surface area (Å²) in [5.41, 5.74) is 0.598. The second-order valence-electron chi connectivity index (χ2n) is 4.66. The molecule has 96 valence electrons. The Hall–Kier alpha value is -0.750. The van der Waals surface area contributed by atoms with E-state index in [0.717, 1.165) is 6.42 Å². The molecule has 0 aromatic rings. The second kappa shape index (κ2) is 4.86. The minimum Gasteiger partial charge on any atom is -0.390 e. The predicted octanol–water partition coefficient (Wildman–Crippen LogP) is -0.463. The summed E-state index contributed by atoms with van der Waals surface area (Å²) in [5.74, 6) is -0.244. The van der Waals surface area contributed by atoms with Crippen molar-refractivity contribution in [3.05, 3.63) is 11.1 Å². The van der Waals surface area contributed by atoms with E-state index in [1.807, 2.05) is 6.92 Å². The summed E-state index contributed by atoms with van der Waals surface area (Å²) in [6.45, 7) is 2.09. The quantitative estimate of drug-likeness (QED) is 0.610. The predicted molar refractivity (Wildman–Crippen MR) is 59.3 cm³/mol. The molecule has 2 aliphatic rings. The molecule has 0 aromatic heterocycles. The molecule has 1 heterocycles. The van der Waals surface area contributed by atoms with Crippen molar-refractivity contribution in [1.29, 1.82) is 0 Å². The average Bonchev–Trinajstić information content (AvgIpc) is 2.29. The number of aliphatic hydroxyl groups is 3. The summed E-state index contributed by atoms with van der Waals surface area (Å²) in [7, 11) is 0. The Bertz CT molecular complexity index is 349. The van der Waals surface area contributed by atoms with Crippen LogP contribution in [-0.4, -0.2) is 52.1 Å². The molecule has 0 saturated carbocycles.